The van der Waals surface area contributed by atoms with Crippen LogP contribution in [0.1, 0.15) is 24.8 Å². The summed E-state index contributed by atoms with van der Waals surface area (Å²) in [6, 6.07) is 7.28. The highest BCUT2D eigenvalue weighted by Crippen LogP contribution is 2.34. The minimum absolute atomic E-state index is 0.185. The molecular weight excluding hydrogens is 216 g/mol. The minimum Gasteiger partial charge on any atom is -0.507 e. The smallest absolute Gasteiger partial charge is 0.155 e. The van der Waals surface area contributed by atoms with Crippen molar-refractivity contribution >= 4 is 5.71 Å². The van der Waals surface area contributed by atoms with E-state index in [1.807, 2.05) is 18.2 Å². The van der Waals surface area contributed by atoms with Crippen LogP contribution in [-0.4, -0.2) is 29.5 Å². The SMILES string of the molecule is Oc1ccccc1C1=NOC2(CCCNC2)C1. The number of hydrogen-bond donors (Lipinski definition) is 2. The molecule has 4 heteroatoms. The number of rotatable bonds is 1. The number of oxime groups is 1. The molecule has 1 unspecified atom stereocenters. The summed E-state index contributed by atoms with van der Waals surface area (Å²) >= 11 is 0. The Bertz CT molecular complexity index is 450. The largest absolute Gasteiger partial charge is 0.507 e. The van der Waals surface area contributed by atoms with Crippen LogP contribution >= 0.6 is 0 Å². The summed E-state index contributed by atoms with van der Waals surface area (Å²) in [5.41, 5.74) is 1.46. The van der Waals surface area contributed by atoms with Gasteiger partial charge in [0, 0.05) is 18.5 Å². The van der Waals surface area contributed by atoms with E-state index in [4.69, 9.17) is 4.84 Å². The molecule has 0 saturated carbocycles. The summed E-state index contributed by atoms with van der Waals surface area (Å²) in [6.45, 7) is 1.89. The Morgan fingerprint density at radius 3 is 3.00 bits per heavy atom. The van der Waals surface area contributed by atoms with Crippen LogP contribution in [0.4, 0.5) is 0 Å². The molecule has 1 aromatic carbocycles. The summed E-state index contributed by atoms with van der Waals surface area (Å²) < 4.78 is 0. The topological polar surface area (TPSA) is 53.9 Å². The number of phenolic OH excluding ortho intramolecular Hbond substituents is 1. The Morgan fingerprint density at radius 1 is 1.35 bits per heavy atom. The molecule has 17 heavy (non-hydrogen) atoms. The molecule has 0 amide bonds. The highest BCUT2D eigenvalue weighted by atomic mass is 16.7. The second-order valence-electron chi connectivity index (χ2n) is 4.79. The first-order valence-corrected chi connectivity index (χ1v) is 6.03. The van der Waals surface area contributed by atoms with Crippen LogP contribution in [0.5, 0.6) is 5.75 Å². The van der Waals surface area contributed by atoms with Gasteiger partial charge in [0.05, 0.1) is 5.71 Å². The van der Waals surface area contributed by atoms with Crippen molar-refractivity contribution in [2.45, 2.75) is 24.9 Å². The summed E-state index contributed by atoms with van der Waals surface area (Å²) in [5.74, 6) is 0.274. The van der Waals surface area contributed by atoms with E-state index < -0.39 is 0 Å². The number of nitrogens with one attached hydrogen (secondary N) is 1. The molecule has 90 valence electrons. The minimum atomic E-state index is -0.185. The molecule has 0 radical (unpaired) electrons. The predicted octanol–water partition coefficient (Wildman–Crippen LogP) is 1.64. The normalized spacial score (nSPS) is 27.9. The predicted molar refractivity (Wildman–Crippen MR) is 65.2 cm³/mol. The Hall–Kier alpha value is -1.55. The van der Waals surface area contributed by atoms with Crippen LogP contribution in [0.3, 0.4) is 0 Å². The standard InChI is InChI=1S/C13H16N2O2/c16-12-5-2-1-4-10(12)11-8-13(17-15-11)6-3-7-14-9-13/h1-2,4-5,14,16H,3,6-9H2. The van der Waals surface area contributed by atoms with Gasteiger partial charge in [-0.3, -0.25) is 0 Å². The monoisotopic (exact) mass is 232 g/mol. The molecule has 2 aliphatic heterocycles. The van der Waals surface area contributed by atoms with Gasteiger partial charge in [0.2, 0.25) is 0 Å². The molecule has 4 nitrogen and oxygen atoms in total. The Labute approximate surface area is 100 Å². The quantitative estimate of drug-likeness (QED) is 0.774. The maximum atomic E-state index is 9.81. The van der Waals surface area contributed by atoms with Gasteiger partial charge in [0.15, 0.2) is 5.60 Å². The van der Waals surface area contributed by atoms with Crippen LogP contribution in [0, 0.1) is 0 Å². The number of aromatic hydroxyl groups is 1. The zero-order valence-electron chi connectivity index (χ0n) is 9.65. The summed E-state index contributed by atoms with van der Waals surface area (Å²) in [4.78, 5) is 5.62. The number of phenols is 1. The maximum Gasteiger partial charge on any atom is 0.155 e. The van der Waals surface area contributed by atoms with E-state index in [1.54, 1.807) is 6.07 Å². The van der Waals surface area contributed by atoms with Crippen LogP contribution < -0.4 is 5.32 Å². The first kappa shape index (κ1) is 10.6. The van der Waals surface area contributed by atoms with Crippen molar-refractivity contribution in [2.24, 2.45) is 5.16 Å². The van der Waals surface area contributed by atoms with E-state index in [0.29, 0.717) is 0 Å². The average Bonchev–Trinajstić information content (AvgIpc) is 2.74. The highest BCUT2D eigenvalue weighted by Gasteiger charge is 2.40. The molecule has 1 atom stereocenters. The Kier molecular flexibility index (Phi) is 2.52. The lowest BCUT2D eigenvalue weighted by Gasteiger charge is -2.31. The molecule has 2 heterocycles. The van der Waals surface area contributed by atoms with Gasteiger partial charge in [-0.05, 0) is 31.5 Å². The van der Waals surface area contributed by atoms with E-state index in [9.17, 15) is 5.11 Å². The van der Waals surface area contributed by atoms with Gasteiger partial charge in [-0.2, -0.15) is 0 Å². The summed E-state index contributed by atoms with van der Waals surface area (Å²) in [7, 11) is 0. The van der Waals surface area contributed by atoms with Gasteiger partial charge in [0.25, 0.3) is 0 Å². The van der Waals surface area contributed by atoms with Crippen LogP contribution in [0.25, 0.3) is 0 Å². The third-order valence-electron chi connectivity index (χ3n) is 3.49. The van der Waals surface area contributed by atoms with Gasteiger partial charge in [-0.25, -0.2) is 0 Å². The lowest BCUT2D eigenvalue weighted by molar-refractivity contribution is -0.0347. The fourth-order valence-corrected chi connectivity index (χ4v) is 2.55. The molecule has 1 saturated heterocycles. The molecule has 2 N–H and O–H groups in total. The van der Waals surface area contributed by atoms with Gasteiger partial charge < -0.3 is 15.3 Å². The first-order valence-electron chi connectivity index (χ1n) is 6.03. The fourth-order valence-electron chi connectivity index (χ4n) is 2.55. The van der Waals surface area contributed by atoms with Crippen molar-refractivity contribution in [2.75, 3.05) is 13.1 Å². The second-order valence-corrected chi connectivity index (χ2v) is 4.79. The number of piperidine rings is 1. The molecule has 2 aliphatic rings. The third-order valence-corrected chi connectivity index (χ3v) is 3.49. The van der Waals surface area contributed by atoms with E-state index >= 15 is 0 Å². The van der Waals surface area contributed by atoms with Crippen molar-refractivity contribution in [3.8, 4) is 5.75 Å². The molecular formula is C13H16N2O2. The summed E-state index contributed by atoms with van der Waals surface area (Å²) in [6.07, 6.45) is 2.92. The van der Waals surface area contributed by atoms with E-state index in [-0.39, 0.29) is 11.4 Å². The third kappa shape index (κ3) is 1.89. The van der Waals surface area contributed by atoms with Crippen LogP contribution in [-0.2, 0) is 4.84 Å². The van der Waals surface area contributed by atoms with E-state index in [2.05, 4.69) is 10.5 Å². The number of benzene rings is 1. The number of hydrogen-bond acceptors (Lipinski definition) is 4. The van der Waals surface area contributed by atoms with Crippen molar-refractivity contribution < 1.29 is 9.94 Å². The Morgan fingerprint density at radius 2 is 2.24 bits per heavy atom. The zero-order valence-corrected chi connectivity index (χ0v) is 9.65. The first-order chi connectivity index (χ1) is 8.29. The van der Waals surface area contributed by atoms with Crippen molar-refractivity contribution in [3.05, 3.63) is 29.8 Å². The van der Waals surface area contributed by atoms with Crippen LogP contribution in [0.2, 0.25) is 0 Å². The molecule has 0 aromatic heterocycles. The Balaban J connectivity index is 1.81. The fraction of sp³-hybridized carbons (Fsp3) is 0.462. The van der Waals surface area contributed by atoms with Gasteiger partial charge in [-0.1, -0.05) is 17.3 Å². The van der Waals surface area contributed by atoms with Gasteiger partial charge in [0.1, 0.15) is 5.75 Å². The molecule has 3 rings (SSSR count). The lowest BCUT2D eigenvalue weighted by atomic mass is 9.87. The number of nitrogens with zero attached hydrogens (tertiary/aromatic N) is 1. The molecule has 0 bridgehead atoms. The zero-order chi connectivity index (χ0) is 11.7. The summed E-state index contributed by atoms with van der Waals surface area (Å²) in [5, 5.41) is 17.3. The highest BCUT2D eigenvalue weighted by molar-refractivity contribution is 6.03. The van der Waals surface area contributed by atoms with Gasteiger partial charge >= 0.3 is 0 Å². The molecule has 1 fully saturated rings. The van der Waals surface area contributed by atoms with Crippen LogP contribution in [0.15, 0.2) is 29.4 Å². The lowest BCUT2D eigenvalue weighted by Crippen LogP contribution is -2.45. The maximum absolute atomic E-state index is 9.81. The number of para-hydroxylation sites is 1. The van der Waals surface area contributed by atoms with Crippen molar-refractivity contribution in [3.63, 3.8) is 0 Å². The molecule has 1 aromatic rings. The van der Waals surface area contributed by atoms with E-state index in [1.165, 1.54) is 0 Å². The van der Waals surface area contributed by atoms with Gasteiger partial charge in [-0.15, -0.1) is 0 Å². The van der Waals surface area contributed by atoms with E-state index in [0.717, 1.165) is 43.6 Å². The average molecular weight is 232 g/mol. The van der Waals surface area contributed by atoms with Crippen molar-refractivity contribution in [1.29, 1.82) is 0 Å². The molecule has 1 spiro atoms. The second kappa shape index (κ2) is 4.04. The van der Waals surface area contributed by atoms with Crippen molar-refractivity contribution in [1.82, 2.24) is 5.32 Å². The molecule has 0 aliphatic carbocycles.